The number of rotatable bonds is 3. The molecule has 0 amide bonds. The Hall–Kier alpha value is -1.43. The van der Waals surface area contributed by atoms with E-state index >= 15 is 0 Å². The van der Waals surface area contributed by atoms with Crippen molar-refractivity contribution in [3.8, 4) is 0 Å². The quantitative estimate of drug-likeness (QED) is 0.735. The van der Waals surface area contributed by atoms with Gasteiger partial charge < -0.3 is 4.57 Å². The first-order valence-electron chi connectivity index (χ1n) is 7.12. The second kappa shape index (κ2) is 5.40. The summed E-state index contributed by atoms with van der Waals surface area (Å²) in [6.07, 6.45) is 5.02. The summed E-state index contributed by atoms with van der Waals surface area (Å²) >= 11 is 3.76. The fourth-order valence-electron chi connectivity index (χ4n) is 3.06. The molecule has 0 bridgehead atoms. The van der Waals surface area contributed by atoms with Gasteiger partial charge in [0, 0.05) is 36.1 Å². The molecule has 4 rings (SSSR count). The van der Waals surface area contributed by atoms with Crippen molar-refractivity contribution in [2.24, 2.45) is 7.05 Å². The van der Waals surface area contributed by atoms with E-state index in [1.807, 2.05) is 35.2 Å². The van der Waals surface area contributed by atoms with Gasteiger partial charge >= 0.3 is 0 Å². The summed E-state index contributed by atoms with van der Waals surface area (Å²) < 4.78 is 2.12. The Labute approximate surface area is 132 Å². The molecule has 0 unspecified atom stereocenters. The summed E-state index contributed by atoms with van der Waals surface area (Å²) in [6, 6.07) is 7.12. The number of aromatic nitrogens is 2. The fraction of sp³-hybridized carbons (Fsp3) is 0.312. The summed E-state index contributed by atoms with van der Waals surface area (Å²) in [5, 5.41) is 4.41. The number of thiophene rings is 2. The molecule has 0 spiro atoms. The van der Waals surface area contributed by atoms with E-state index in [1.165, 1.54) is 16.1 Å². The molecule has 0 radical (unpaired) electrons. The highest BCUT2D eigenvalue weighted by atomic mass is 32.1. The van der Waals surface area contributed by atoms with Crippen molar-refractivity contribution >= 4 is 22.7 Å². The molecule has 0 fully saturated rings. The van der Waals surface area contributed by atoms with Gasteiger partial charge in [-0.25, -0.2) is 4.98 Å². The first-order valence-corrected chi connectivity index (χ1v) is 8.88. The third-order valence-electron chi connectivity index (χ3n) is 4.16. The number of aryl methyl sites for hydroxylation is 1. The van der Waals surface area contributed by atoms with Crippen molar-refractivity contribution in [2.45, 2.75) is 19.0 Å². The molecule has 1 atom stereocenters. The van der Waals surface area contributed by atoms with Crippen molar-refractivity contribution in [1.29, 1.82) is 0 Å². The van der Waals surface area contributed by atoms with Crippen LogP contribution in [0.15, 0.2) is 41.5 Å². The van der Waals surface area contributed by atoms with Gasteiger partial charge in [0.1, 0.15) is 0 Å². The van der Waals surface area contributed by atoms with Crippen LogP contribution in [0, 0.1) is 0 Å². The van der Waals surface area contributed by atoms with Gasteiger partial charge in [-0.2, -0.15) is 0 Å². The van der Waals surface area contributed by atoms with Crippen LogP contribution in [-0.2, 0) is 20.0 Å². The monoisotopic (exact) mass is 315 g/mol. The molecule has 1 aliphatic rings. The minimum atomic E-state index is 0.398. The van der Waals surface area contributed by atoms with Crippen LogP contribution < -0.4 is 0 Å². The second-order valence-corrected chi connectivity index (χ2v) is 7.41. The maximum atomic E-state index is 4.25. The van der Waals surface area contributed by atoms with Gasteiger partial charge in [0.2, 0.25) is 0 Å². The molecule has 1 aliphatic heterocycles. The molecule has 0 aromatic carbocycles. The van der Waals surface area contributed by atoms with E-state index in [0.29, 0.717) is 6.04 Å². The predicted octanol–water partition coefficient (Wildman–Crippen LogP) is 3.69. The minimum Gasteiger partial charge on any atom is -0.337 e. The van der Waals surface area contributed by atoms with E-state index in [4.69, 9.17) is 0 Å². The van der Waals surface area contributed by atoms with E-state index in [9.17, 15) is 0 Å². The Morgan fingerprint density at radius 3 is 3.00 bits per heavy atom. The highest BCUT2D eigenvalue weighted by Gasteiger charge is 2.30. The molecule has 0 saturated carbocycles. The first-order chi connectivity index (χ1) is 10.3. The highest BCUT2D eigenvalue weighted by molar-refractivity contribution is 7.10. The Balaban J connectivity index is 1.71. The summed E-state index contributed by atoms with van der Waals surface area (Å²) in [4.78, 5) is 9.82. The van der Waals surface area contributed by atoms with Crippen molar-refractivity contribution in [3.63, 3.8) is 0 Å². The standard InChI is InChI=1S/C16H17N3S2/c1-18-11-17-9-12(18)10-19-6-4-14-13(5-8-21-14)16(19)15-3-2-7-20-15/h2-3,5,7-9,11,16H,4,6,10H2,1H3/t16-/m0/s1. The molecule has 3 aromatic rings. The van der Waals surface area contributed by atoms with Gasteiger partial charge in [0.05, 0.1) is 18.1 Å². The molecule has 3 aromatic heterocycles. The van der Waals surface area contributed by atoms with Crippen LogP contribution >= 0.6 is 22.7 Å². The normalized spacial score (nSPS) is 18.8. The fourth-order valence-corrected chi connectivity index (χ4v) is 4.84. The van der Waals surface area contributed by atoms with Crippen molar-refractivity contribution in [3.05, 3.63) is 62.5 Å². The van der Waals surface area contributed by atoms with Crippen LogP contribution in [0.3, 0.4) is 0 Å². The summed E-state index contributed by atoms with van der Waals surface area (Å²) in [5.74, 6) is 0. The largest absolute Gasteiger partial charge is 0.337 e. The molecular formula is C16H17N3S2. The molecule has 21 heavy (non-hydrogen) atoms. The first kappa shape index (κ1) is 13.2. The van der Waals surface area contributed by atoms with E-state index in [2.05, 4.69) is 50.5 Å². The molecule has 0 N–H and O–H groups in total. The molecule has 0 aliphatic carbocycles. The third kappa shape index (κ3) is 2.35. The highest BCUT2D eigenvalue weighted by Crippen LogP contribution is 2.39. The SMILES string of the molecule is Cn1cncc1CN1CCc2sccc2[C@H]1c1cccs1. The van der Waals surface area contributed by atoms with Crippen molar-refractivity contribution in [1.82, 2.24) is 14.5 Å². The lowest BCUT2D eigenvalue weighted by atomic mass is 9.98. The Bertz CT molecular complexity index is 726. The van der Waals surface area contributed by atoms with Crippen LogP contribution in [0.25, 0.3) is 0 Å². The van der Waals surface area contributed by atoms with Gasteiger partial charge in [0.15, 0.2) is 0 Å². The topological polar surface area (TPSA) is 21.1 Å². The number of nitrogens with zero attached hydrogens (tertiary/aromatic N) is 3. The number of fused-ring (bicyclic) bond motifs is 1. The van der Waals surface area contributed by atoms with Gasteiger partial charge in [-0.15, -0.1) is 22.7 Å². The number of hydrogen-bond acceptors (Lipinski definition) is 4. The number of imidazole rings is 1. The zero-order valence-electron chi connectivity index (χ0n) is 11.9. The molecule has 3 nitrogen and oxygen atoms in total. The van der Waals surface area contributed by atoms with Crippen molar-refractivity contribution < 1.29 is 0 Å². The Morgan fingerprint density at radius 2 is 2.24 bits per heavy atom. The lowest BCUT2D eigenvalue weighted by Gasteiger charge is -2.35. The van der Waals surface area contributed by atoms with Gasteiger partial charge in [-0.3, -0.25) is 4.90 Å². The Kier molecular flexibility index (Phi) is 3.41. The zero-order chi connectivity index (χ0) is 14.2. The van der Waals surface area contributed by atoms with E-state index < -0.39 is 0 Å². The summed E-state index contributed by atoms with van der Waals surface area (Å²) in [5.41, 5.74) is 2.77. The van der Waals surface area contributed by atoms with Gasteiger partial charge in [0.25, 0.3) is 0 Å². The minimum absolute atomic E-state index is 0.398. The van der Waals surface area contributed by atoms with Crippen LogP contribution in [0.1, 0.15) is 27.1 Å². The number of hydrogen-bond donors (Lipinski definition) is 0. The van der Waals surface area contributed by atoms with Crippen molar-refractivity contribution in [2.75, 3.05) is 6.54 Å². The average Bonchev–Trinajstić information content (AvgIpc) is 3.21. The molecule has 4 heterocycles. The molecule has 5 heteroatoms. The zero-order valence-corrected chi connectivity index (χ0v) is 13.5. The average molecular weight is 315 g/mol. The van der Waals surface area contributed by atoms with E-state index in [1.54, 1.807) is 4.88 Å². The Morgan fingerprint density at radius 1 is 1.29 bits per heavy atom. The smallest absolute Gasteiger partial charge is 0.0945 e. The summed E-state index contributed by atoms with van der Waals surface area (Å²) in [7, 11) is 2.07. The molecule has 0 saturated heterocycles. The summed E-state index contributed by atoms with van der Waals surface area (Å²) in [6.45, 7) is 2.07. The van der Waals surface area contributed by atoms with Crippen LogP contribution in [0.2, 0.25) is 0 Å². The van der Waals surface area contributed by atoms with Crippen LogP contribution in [-0.4, -0.2) is 21.0 Å². The molecule has 108 valence electrons. The predicted molar refractivity (Wildman–Crippen MR) is 87.8 cm³/mol. The van der Waals surface area contributed by atoms with Gasteiger partial charge in [-0.1, -0.05) is 6.07 Å². The van der Waals surface area contributed by atoms with Crippen LogP contribution in [0.5, 0.6) is 0 Å². The lowest BCUT2D eigenvalue weighted by Crippen LogP contribution is -2.35. The van der Waals surface area contributed by atoms with E-state index in [0.717, 1.165) is 19.5 Å². The second-order valence-electron chi connectivity index (χ2n) is 5.43. The molecular weight excluding hydrogens is 298 g/mol. The lowest BCUT2D eigenvalue weighted by molar-refractivity contribution is 0.204. The van der Waals surface area contributed by atoms with Crippen LogP contribution in [0.4, 0.5) is 0 Å². The third-order valence-corrected chi connectivity index (χ3v) is 6.08. The van der Waals surface area contributed by atoms with E-state index in [-0.39, 0.29) is 0 Å². The van der Waals surface area contributed by atoms with Gasteiger partial charge in [-0.05, 0) is 34.9 Å². The maximum absolute atomic E-state index is 4.25. The maximum Gasteiger partial charge on any atom is 0.0945 e.